The van der Waals surface area contributed by atoms with Crippen molar-refractivity contribution in [1.29, 1.82) is 0 Å². The van der Waals surface area contributed by atoms with E-state index in [2.05, 4.69) is 25.9 Å². The van der Waals surface area contributed by atoms with Gasteiger partial charge in [0.25, 0.3) is 0 Å². The van der Waals surface area contributed by atoms with Gasteiger partial charge in [0, 0.05) is 13.7 Å². The minimum Gasteiger partial charge on any atom is -0.378 e. The molecule has 0 amide bonds. The topological polar surface area (TPSA) is 44.2 Å². The van der Waals surface area contributed by atoms with Crippen molar-refractivity contribution in [1.82, 2.24) is 9.97 Å². The van der Waals surface area contributed by atoms with E-state index in [4.69, 9.17) is 21.1 Å². The number of rotatable bonds is 5. The molecule has 4 nitrogen and oxygen atoms in total. The maximum atomic E-state index is 5.99. The number of halogens is 2. The number of aromatic nitrogens is 2. The fourth-order valence-corrected chi connectivity index (χ4v) is 1.71. The fourth-order valence-electron chi connectivity index (χ4n) is 1.22. The first-order valence-corrected chi connectivity index (χ1v) is 6.09. The van der Waals surface area contributed by atoms with Crippen LogP contribution in [-0.2, 0) is 16.1 Å². The van der Waals surface area contributed by atoms with E-state index >= 15 is 0 Å². The van der Waals surface area contributed by atoms with Gasteiger partial charge >= 0.3 is 0 Å². The van der Waals surface area contributed by atoms with Crippen LogP contribution in [0, 0.1) is 0 Å². The lowest BCUT2D eigenvalue weighted by Gasteiger charge is -2.12. The molecular weight excluding hydrogens is 295 g/mol. The van der Waals surface area contributed by atoms with Gasteiger partial charge in [-0.25, -0.2) is 9.97 Å². The highest BCUT2D eigenvalue weighted by Crippen LogP contribution is 2.26. The number of nitrogens with zero attached hydrogens (tertiary/aromatic N) is 2. The van der Waals surface area contributed by atoms with E-state index in [-0.39, 0.29) is 6.10 Å². The van der Waals surface area contributed by atoms with Gasteiger partial charge in [-0.1, -0.05) is 11.6 Å². The molecule has 0 spiro atoms. The number of methoxy groups -OCH3 is 1. The number of hydrogen-bond acceptors (Lipinski definition) is 4. The summed E-state index contributed by atoms with van der Waals surface area (Å²) in [6.07, 6.45) is -0.175. The van der Waals surface area contributed by atoms with Crippen molar-refractivity contribution in [2.45, 2.75) is 26.6 Å². The molecule has 0 N–H and O–H groups in total. The molecule has 0 saturated heterocycles. The molecule has 1 heterocycles. The summed E-state index contributed by atoms with van der Waals surface area (Å²) in [5.41, 5.74) is 0.726. The van der Waals surface area contributed by atoms with Crippen molar-refractivity contribution >= 4 is 27.5 Å². The van der Waals surface area contributed by atoms with Crippen molar-refractivity contribution in [3.05, 3.63) is 21.1 Å². The minimum atomic E-state index is -0.175. The molecule has 0 bridgehead atoms. The minimum absolute atomic E-state index is 0.175. The third-order valence-electron chi connectivity index (χ3n) is 1.96. The molecule has 16 heavy (non-hydrogen) atoms. The molecule has 1 aromatic heterocycles. The Morgan fingerprint density at radius 1 is 1.44 bits per heavy atom. The van der Waals surface area contributed by atoms with Crippen molar-refractivity contribution in [2.24, 2.45) is 0 Å². The van der Waals surface area contributed by atoms with Crippen LogP contribution in [0.5, 0.6) is 0 Å². The second-order valence-electron chi connectivity index (χ2n) is 3.16. The summed E-state index contributed by atoms with van der Waals surface area (Å²) in [5, 5.41) is 0.378. The Labute approximate surface area is 108 Å². The Bertz CT molecular complexity index is 363. The highest BCUT2D eigenvalue weighted by Gasteiger charge is 2.15. The summed E-state index contributed by atoms with van der Waals surface area (Å²) in [5.74, 6) is 0.571. The first-order valence-electron chi connectivity index (χ1n) is 4.92. The van der Waals surface area contributed by atoms with E-state index in [9.17, 15) is 0 Å². The number of ether oxygens (including phenoxy) is 2. The predicted octanol–water partition coefficient (Wildman–Crippen LogP) is 3.14. The lowest BCUT2D eigenvalue weighted by molar-refractivity contribution is 0.0694. The van der Waals surface area contributed by atoms with Gasteiger partial charge in [0.05, 0.1) is 16.8 Å². The van der Waals surface area contributed by atoms with Crippen LogP contribution in [0.1, 0.15) is 31.5 Å². The molecule has 6 heteroatoms. The Kier molecular flexibility index (Phi) is 5.61. The summed E-state index contributed by atoms with van der Waals surface area (Å²) in [4.78, 5) is 8.51. The van der Waals surface area contributed by atoms with Crippen molar-refractivity contribution in [2.75, 3.05) is 13.7 Å². The van der Waals surface area contributed by atoms with E-state index in [0.29, 0.717) is 28.7 Å². The average Bonchev–Trinajstić information content (AvgIpc) is 2.25. The Morgan fingerprint density at radius 2 is 2.12 bits per heavy atom. The van der Waals surface area contributed by atoms with Crippen molar-refractivity contribution in [3.63, 3.8) is 0 Å². The fraction of sp³-hybridized carbons (Fsp3) is 0.600. The summed E-state index contributed by atoms with van der Waals surface area (Å²) in [7, 11) is 1.61. The predicted molar refractivity (Wildman–Crippen MR) is 65.5 cm³/mol. The third kappa shape index (κ3) is 3.38. The molecule has 1 unspecified atom stereocenters. The molecule has 0 radical (unpaired) electrons. The molecule has 0 aromatic carbocycles. The van der Waals surface area contributed by atoms with Gasteiger partial charge in [0.15, 0.2) is 5.82 Å². The first-order chi connectivity index (χ1) is 7.60. The zero-order chi connectivity index (χ0) is 12.1. The van der Waals surface area contributed by atoms with E-state index in [1.54, 1.807) is 7.11 Å². The van der Waals surface area contributed by atoms with E-state index in [0.717, 1.165) is 5.69 Å². The van der Waals surface area contributed by atoms with Gasteiger partial charge in [0.2, 0.25) is 0 Å². The maximum absolute atomic E-state index is 5.99. The highest BCUT2D eigenvalue weighted by atomic mass is 79.9. The molecule has 90 valence electrons. The second kappa shape index (κ2) is 6.49. The summed E-state index contributed by atoms with van der Waals surface area (Å²) in [6.45, 7) is 4.80. The highest BCUT2D eigenvalue weighted by molar-refractivity contribution is 9.10. The molecular formula is C10H14BrClN2O2. The normalized spacial score (nSPS) is 12.8. The summed E-state index contributed by atoms with van der Waals surface area (Å²) < 4.78 is 11.1. The zero-order valence-corrected chi connectivity index (χ0v) is 11.8. The Hall–Kier alpha value is -0.230. The molecule has 0 saturated carbocycles. The largest absolute Gasteiger partial charge is 0.378 e. The monoisotopic (exact) mass is 308 g/mol. The molecule has 1 atom stereocenters. The number of hydrogen-bond donors (Lipinski definition) is 0. The zero-order valence-electron chi connectivity index (χ0n) is 9.46. The maximum Gasteiger partial charge on any atom is 0.158 e. The van der Waals surface area contributed by atoms with Crippen LogP contribution in [0.15, 0.2) is 4.47 Å². The SMILES string of the molecule is CCOC(C)c1nc(Cl)c(Br)c(COC)n1. The van der Waals surface area contributed by atoms with Gasteiger partial charge in [-0.2, -0.15) is 0 Å². The molecule has 0 aliphatic carbocycles. The van der Waals surface area contributed by atoms with Crippen LogP contribution in [0.25, 0.3) is 0 Å². The summed E-state index contributed by atoms with van der Waals surface area (Å²) in [6, 6.07) is 0. The third-order valence-corrected chi connectivity index (χ3v) is 3.29. The Balaban J connectivity index is 3.03. The average molecular weight is 310 g/mol. The smallest absolute Gasteiger partial charge is 0.158 e. The lowest BCUT2D eigenvalue weighted by Crippen LogP contribution is -2.08. The van der Waals surface area contributed by atoms with Crippen molar-refractivity contribution < 1.29 is 9.47 Å². The van der Waals surface area contributed by atoms with Crippen LogP contribution in [0.3, 0.4) is 0 Å². The standard InChI is InChI=1S/C10H14BrClN2O2/c1-4-16-6(2)10-13-7(5-15-3)8(11)9(12)14-10/h6H,4-5H2,1-3H3. The summed E-state index contributed by atoms with van der Waals surface area (Å²) >= 11 is 9.32. The molecule has 1 rings (SSSR count). The van der Waals surface area contributed by atoms with E-state index < -0.39 is 0 Å². The van der Waals surface area contributed by atoms with Crippen LogP contribution in [0.4, 0.5) is 0 Å². The van der Waals surface area contributed by atoms with Crippen LogP contribution >= 0.6 is 27.5 Å². The van der Waals surface area contributed by atoms with E-state index in [1.165, 1.54) is 0 Å². The molecule has 1 aromatic rings. The molecule has 0 aliphatic rings. The Morgan fingerprint density at radius 3 is 2.69 bits per heavy atom. The first kappa shape index (κ1) is 13.8. The van der Waals surface area contributed by atoms with Gasteiger partial charge in [0.1, 0.15) is 11.3 Å². The van der Waals surface area contributed by atoms with Gasteiger partial charge in [-0.05, 0) is 29.8 Å². The van der Waals surface area contributed by atoms with Crippen LogP contribution < -0.4 is 0 Å². The van der Waals surface area contributed by atoms with E-state index in [1.807, 2.05) is 13.8 Å². The molecule has 0 aliphatic heterocycles. The van der Waals surface area contributed by atoms with Crippen LogP contribution in [-0.4, -0.2) is 23.7 Å². The van der Waals surface area contributed by atoms with Crippen LogP contribution in [0.2, 0.25) is 5.15 Å². The van der Waals surface area contributed by atoms with Crippen molar-refractivity contribution in [3.8, 4) is 0 Å². The van der Waals surface area contributed by atoms with Gasteiger partial charge in [-0.3, -0.25) is 0 Å². The molecule has 0 fully saturated rings. The van der Waals surface area contributed by atoms with Gasteiger partial charge < -0.3 is 9.47 Å². The van der Waals surface area contributed by atoms with Gasteiger partial charge in [-0.15, -0.1) is 0 Å². The quantitative estimate of drug-likeness (QED) is 0.784. The second-order valence-corrected chi connectivity index (χ2v) is 4.31. The lowest BCUT2D eigenvalue weighted by atomic mass is 10.3.